The van der Waals surface area contributed by atoms with Crippen LogP contribution in [0.4, 0.5) is 0 Å². The SMILES string of the molecule is C/C=C/CC/C=C/CC/C=C/CCCC(O)C(O)C(COC1OC(CO)C(O)C(O)C1O)NC(=O)C(O)CCCCCCCCCCCCCCCCCCCCCCCCCCCCCCCCCCCC. The molecule has 0 bridgehead atoms. The lowest BCUT2D eigenvalue weighted by molar-refractivity contribution is -0.303. The Morgan fingerprint density at radius 3 is 1.25 bits per heavy atom. The number of carbonyl (C=O) groups excluding carboxylic acids is 1. The highest BCUT2D eigenvalue weighted by Gasteiger charge is 2.44. The molecule has 1 amide bonds. The van der Waals surface area contributed by atoms with Crippen LogP contribution in [0.5, 0.6) is 0 Å². The fourth-order valence-electron chi connectivity index (χ4n) is 10.0. The molecule has 11 nitrogen and oxygen atoms in total. The second kappa shape index (κ2) is 51.1. The number of unbranched alkanes of at least 4 members (excludes halogenated alkanes) is 36. The van der Waals surface area contributed by atoms with E-state index in [9.17, 15) is 40.5 Å². The summed E-state index contributed by atoms with van der Waals surface area (Å²) in [6, 6.07) is -1.19. The molecule has 1 rings (SSSR count). The number of carbonyl (C=O) groups is 1. The van der Waals surface area contributed by atoms with E-state index >= 15 is 0 Å². The largest absolute Gasteiger partial charge is 0.394 e. The molecule has 0 aromatic carbocycles. The van der Waals surface area contributed by atoms with Crippen molar-refractivity contribution in [2.45, 2.75) is 339 Å². The van der Waals surface area contributed by atoms with Crippen LogP contribution in [-0.4, -0.2) is 110 Å². The van der Waals surface area contributed by atoms with Crippen molar-refractivity contribution in [3.05, 3.63) is 36.5 Å². The first-order valence-corrected chi connectivity index (χ1v) is 30.9. The molecule has 9 atom stereocenters. The summed E-state index contributed by atoms with van der Waals surface area (Å²) in [5.74, 6) is -0.710. The zero-order chi connectivity index (χ0) is 53.3. The minimum Gasteiger partial charge on any atom is -0.394 e. The Balaban J connectivity index is 2.14. The molecular formula is C62H117NO10. The molecule has 1 saturated heterocycles. The van der Waals surface area contributed by atoms with Crippen molar-refractivity contribution in [3.63, 3.8) is 0 Å². The zero-order valence-electron chi connectivity index (χ0n) is 47.1. The van der Waals surface area contributed by atoms with Crippen LogP contribution < -0.4 is 5.32 Å². The van der Waals surface area contributed by atoms with Crippen LogP contribution in [0.2, 0.25) is 0 Å². The Labute approximate surface area is 447 Å². The van der Waals surface area contributed by atoms with Gasteiger partial charge in [0.15, 0.2) is 6.29 Å². The van der Waals surface area contributed by atoms with E-state index in [2.05, 4.69) is 48.7 Å². The summed E-state index contributed by atoms with van der Waals surface area (Å²) in [6.45, 7) is 3.23. The van der Waals surface area contributed by atoms with Crippen molar-refractivity contribution < 1.29 is 50.0 Å². The maximum Gasteiger partial charge on any atom is 0.249 e. The number of ether oxygens (including phenoxy) is 2. The molecule has 1 fully saturated rings. The molecule has 1 heterocycles. The summed E-state index contributed by atoms with van der Waals surface area (Å²) >= 11 is 0. The van der Waals surface area contributed by atoms with Gasteiger partial charge in [0.25, 0.3) is 0 Å². The average molecular weight is 1040 g/mol. The second-order valence-corrected chi connectivity index (χ2v) is 21.8. The van der Waals surface area contributed by atoms with Crippen LogP contribution in [0.1, 0.15) is 284 Å². The van der Waals surface area contributed by atoms with E-state index < -0.39 is 74.2 Å². The highest BCUT2D eigenvalue weighted by atomic mass is 16.7. The van der Waals surface area contributed by atoms with E-state index in [-0.39, 0.29) is 12.8 Å². The Hall–Kier alpha value is -1.67. The van der Waals surface area contributed by atoms with E-state index in [4.69, 9.17) is 9.47 Å². The number of rotatable bonds is 53. The van der Waals surface area contributed by atoms with Gasteiger partial charge in [0.05, 0.1) is 25.4 Å². The summed E-state index contributed by atoms with van der Waals surface area (Å²) in [4.78, 5) is 13.2. The maximum atomic E-state index is 13.2. The molecule has 0 saturated carbocycles. The third-order valence-electron chi connectivity index (χ3n) is 15.0. The van der Waals surface area contributed by atoms with Gasteiger partial charge >= 0.3 is 0 Å². The lowest BCUT2D eigenvalue weighted by Gasteiger charge is -2.40. The Morgan fingerprint density at radius 2 is 0.863 bits per heavy atom. The van der Waals surface area contributed by atoms with Crippen molar-refractivity contribution in [1.82, 2.24) is 5.32 Å². The van der Waals surface area contributed by atoms with Gasteiger partial charge in [0.2, 0.25) is 5.91 Å². The second-order valence-electron chi connectivity index (χ2n) is 21.8. The van der Waals surface area contributed by atoms with E-state index in [0.717, 1.165) is 44.9 Å². The quantitative estimate of drug-likeness (QED) is 0.0215. The first kappa shape index (κ1) is 69.3. The number of allylic oxidation sites excluding steroid dienone is 6. The average Bonchev–Trinajstić information content (AvgIpc) is 3.39. The Kier molecular flexibility index (Phi) is 48.5. The van der Waals surface area contributed by atoms with Gasteiger partial charge < -0.3 is 50.5 Å². The molecule has 0 radical (unpaired) electrons. The van der Waals surface area contributed by atoms with Crippen molar-refractivity contribution in [2.24, 2.45) is 0 Å². The summed E-state index contributed by atoms with van der Waals surface area (Å²) < 4.78 is 11.1. The number of amides is 1. The molecule has 8 N–H and O–H groups in total. The third kappa shape index (κ3) is 39.4. The van der Waals surface area contributed by atoms with Gasteiger partial charge in [-0.2, -0.15) is 0 Å². The Morgan fingerprint density at radius 1 is 0.493 bits per heavy atom. The number of aliphatic hydroxyl groups excluding tert-OH is 7. The molecule has 430 valence electrons. The normalized spacial score (nSPS) is 20.2. The number of nitrogens with one attached hydrogen (secondary N) is 1. The fourth-order valence-corrected chi connectivity index (χ4v) is 10.0. The fraction of sp³-hybridized carbons (Fsp3) is 0.887. The topological polar surface area (TPSA) is 189 Å². The van der Waals surface area contributed by atoms with Gasteiger partial charge in [-0.1, -0.05) is 262 Å². The standard InChI is InChI=1S/C62H117NO10/c1-3-5-7-9-11-13-15-17-18-19-20-21-22-23-24-25-26-27-28-29-30-31-32-33-34-35-36-37-38-40-42-44-46-48-50-55(66)61(71)63-53(52-72-62-60(70)59(69)58(68)56(51-64)73-62)57(67)54(65)49-47-45-43-41-39-16-14-12-10-8-6-4-2/h4,6,12,14,41,43,53-60,62,64-70H,3,5,7-11,13,15-40,42,44-52H2,1-2H3,(H,63,71)/b6-4+,14-12+,43-41+. The Bertz CT molecular complexity index is 1280. The van der Waals surface area contributed by atoms with Gasteiger partial charge in [-0.15, -0.1) is 0 Å². The van der Waals surface area contributed by atoms with Gasteiger partial charge in [0.1, 0.15) is 36.6 Å². The van der Waals surface area contributed by atoms with Crippen molar-refractivity contribution in [3.8, 4) is 0 Å². The summed E-state index contributed by atoms with van der Waals surface area (Å²) in [5.41, 5.74) is 0. The monoisotopic (exact) mass is 1040 g/mol. The molecular weight excluding hydrogens is 919 g/mol. The smallest absolute Gasteiger partial charge is 0.249 e. The van der Waals surface area contributed by atoms with Crippen molar-refractivity contribution in [1.29, 1.82) is 0 Å². The molecule has 0 spiro atoms. The number of hydrogen-bond acceptors (Lipinski definition) is 10. The van der Waals surface area contributed by atoms with Gasteiger partial charge in [-0.25, -0.2) is 0 Å². The van der Waals surface area contributed by atoms with Crippen LogP contribution in [0.25, 0.3) is 0 Å². The third-order valence-corrected chi connectivity index (χ3v) is 15.0. The summed E-state index contributed by atoms with van der Waals surface area (Å²) in [7, 11) is 0. The van der Waals surface area contributed by atoms with E-state index in [1.807, 2.05) is 6.92 Å². The molecule has 1 aliphatic heterocycles. The van der Waals surface area contributed by atoms with Crippen LogP contribution in [0, 0.1) is 0 Å². The number of hydrogen-bond donors (Lipinski definition) is 8. The number of aliphatic hydroxyl groups is 7. The van der Waals surface area contributed by atoms with E-state index in [1.54, 1.807) is 0 Å². The summed E-state index contributed by atoms with van der Waals surface area (Å²) in [5, 5.41) is 75.9. The van der Waals surface area contributed by atoms with Crippen LogP contribution in [0.3, 0.4) is 0 Å². The first-order valence-electron chi connectivity index (χ1n) is 30.9. The van der Waals surface area contributed by atoms with Gasteiger partial charge in [-0.05, 0) is 58.3 Å². The van der Waals surface area contributed by atoms with E-state index in [1.165, 1.54) is 193 Å². The predicted octanol–water partition coefficient (Wildman–Crippen LogP) is 13.5. The molecule has 0 aromatic heterocycles. The molecule has 0 aliphatic carbocycles. The summed E-state index contributed by atoms with van der Waals surface area (Å²) in [6.07, 6.45) is 52.6. The van der Waals surface area contributed by atoms with Crippen LogP contribution in [-0.2, 0) is 14.3 Å². The minimum atomic E-state index is -1.67. The lowest BCUT2D eigenvalue weighted by atomic mass is 9.98. The molecule has 9 unspecified atom stereocenters. The predicted molar refractivity (Wildman–Crippen MR) is 302 cm³/mol. The maximum absolute atomic E-state index is 13.2. The highest BCUT2D eigenvalue weighted by Crippen LogP contribution is 2.24. The molecule has 1 aliphatic rings. The van der Waals surface area contributed by atoms with Crippen molar-refractivity contribution in [2.75, 3.05) is 13.2 Å². The zero-order valence-corrected chi connectivity index (χ0v) is 47.1. The van der Waals surface area contributed by atoms with Crippen LogP contribution >= 0.6 is 0 Å². The van der Waals surface area contributed by atoms with Gasteiger partial charge in [-0.3, -0.25) is 4.79 Å². The first-order chi connectivity index (χ1) is 35.7. The van der Waals surface area contributed by atoms with Crippen LogP contribution in [0.15, 0.2) is 36.5 Å². The van der Waals surface area contributed by atoms with Crippen molar-refractivity contribution >= 4 is 5.91 Å². The van der Waals surface area contributed by atoms with E-state index in [0.29, 0.717) is 19.3 Å². The molecule has 73 heavy (non-hydrogen) atoms. The molecule has 0 aromatic rings. The minimum absolute atomic E-state index is 0.241. The highest BCUT2D eigenvalue weighted by molar-refractivity contribution is 5.80. The molecule has 11 heteroatoms. The van der Waals surface area contributed by atoms with Gasteiger partial charge in [0, 0.05) is 0 Å². The lowest BCUT2D eigenvalue weighted by Crippen LogP contribution is -2.60.